The van der Waals surface area contributed by atoms with Gasteiger partial charge in [-0.25, -0.2) is 22.0 Å². The number of aliphatic hydroxyl groups excluding tert-OH is 1. The fourth-order valence-corrected chi connectivity index (χ4v) is 1.80. The lowest BCUT2D eigenvalue weighted by molar-refractivity contribution is 0.170. The van der Waals surface area contributed by atoms with Crippen molar-refractivity contribution in [2.75, 3.05) is 0 Å². The molecule has 1 N–H and O–H groups in total. The van der Waals surface area contributed by atoms with Crippen molar-refractivity contribution in [2.45, 2.75) is 12.5 Å². The van der Waals surface area contributed by atoms with Crippen molar-refractivity contribution in [1.82, 2.24) is 0 Å². The third kappa shape index (κ3) is 2.80. The van der Waals surface area contributed by atoms with Crippen LogP contribution in [0.1, 0.15) is 17.2 Å². The second-order valence-corrected chi connectivity index (χ2v) is 4.22. The normalized spacial score (nSPS) is 12.5. The molecule has 0 aliphatic rings. The van der Waals surface area contributed by atoms with Crippen molar-refractivity contribution in [3.63, 3.8) is 0 Å². The zero-order valence-corrected chi connectivity index (χ0v) is 10.0. The molecule has 0 aliphatic heterocycles. The van der Waals surface area contributed by atoms with Crippen LogP contribution in [0.3, 0.4) is 0 Å². The maximum atomic E-state index is 13.5. The Labute approximate surface area is 111 Å². The van der Waals surface area contributed by atoms with Crippen LogP contribution in [0.2, 0.25) is 0 Å². The van der Waals surface area contributed by atoms with Crippen LogP contribution in [-0.2, 0) is 6.42 Å². The Bertz CT molecular complexity index is 642. The lowest BCUT2D eigenvalue weighted by atomic mass is 10.0. The summed E-state index contributed by atoms with van der Waals surface area (Å²) >= 11 is 0. The van der Waals surface area contributed by atoms with Gasteiger partial charge in [-0.2, -0.15) is 0 Å². The van der Waals surface area contributed by atoms with Gasteiger partial charge in [-0.15, -0.1) is 0 Å². The minimum absolute atomic E-state index is 0.0666. The predicted octanol–water partition coefficient (Wildman–Crippen LogP) is 3.66. The molecule has 0 fully saturated rings. The van der Waals surface area contributed by atoms with E-state index in [9.17, 15) is 27.1 Å². The van der Waals surface area contributed by atoms with Gasteiger partial charge in [-0.1, -0.05) is 12.1 Å². The summed E-state index contributed by atoms with van der Waals surface area (Å²) < 4.78 is 65.4. The molecule has 0 radical (unpaired) electrons. The fourth-order valence-electron chi connectivity index (χ4n) is 1.80. The Morgan fingerprint density at radius 1 is 0.850 bits per heavy atom. The van der Waals surface area contributed by atoms with Crippen LogP contribution in [-0.4, -0.2) is 5.11 Å². The van der Waals surface area contributed by atoms with Gasteiger partial charge in [0.2, 0.25) is 0 Å². The number of rotatable bonds is 3. The number of hydrogen-bond acceptors (Lipinski definition) is 1. The van der Waals surface area contributed by atoms with Crippen molar-refractivity contribution < 1.29 is 27.1 Å². The molecule has 1 atom stereocenters. The largest absolute Gasteiger partial charge is 0.388 e. The molecule has 0 saturated heterocycles. The van der Waals surface area contributed by atoms with E-state index in [4.69, 9.17) is 0 Å². The monoisotopic (exact) mass is 288 g/mol. The quantitative estimate of drug-likeness (QED) is 0.675. The molecular weight excluding hydrogens is 279 g/mol. The van der Waals surface area contributed by atoms with E-state index in [1.807, 2.05) is 0 Å². The summed E-state index contributed by atoms with van der Waals surface area (Å²) in [5.74, 6) is -6.32. The number of aliphatic hydroxyl groups is 1. The number of hydrogen-bond donors (Lipinski definition) is 1. The highest BCUT2D eigenvalue weighted by molar-refractivity contribution is 5.26. The number of halogens is 5. The highest BCUT2D eigenvalue weighted by atomic mass is 19.2. The van der Waals surface area contributed by atoms with Gasteiger partial charge in [0.05, 0.1) is 6.10 Å². The summed E-state index contributed by atoms with van der Waals surface area (Å²) in [5.41, 5.74) is -0.560. The summed E-state index contributed by atoms with van der Waals surface area (Å²) in [6.45, 7) is 0. The first kappa shape index (κ1) is 14.5. The lowest BCUT2D eigenvalue weighted by Gasteiger charge is -2.13. The van der Waals surface area contributed by atoms with E-state index in [0.29, 0.717) is 12.1 Å². The molecule has 2 aromatic carbocycles. The van der Waals surface area contributed by atoms with Gasteiger partial charge >= 0.3 is 0 Å². The second-order valence-electron chi connectivity index (χ2n) is 4.22. The minimum atomic E-state index is -1.71. The second kappa shape index (κ2) is 5.58. The Kier molecular flexibility index (Phi) is 4.04. The van der Waals surface area contributed by atoms with Crippen LogP contribution < -0.4 is 0 Å². The molecule has 2 rings (SSSR count). The highest BCUT2D eigenvalue weighted by Gasteiger charge is 2.20. The van der Waals surface area contributed by atoms with Gasteiger partial charge in [0, 0.05) is 18.1 Å². The van der Waals surface area contributed by atoms with E-state index >= 15 is 0 Å². The van der Waals surface area contributed by atoms with Crippen molar-refractivity contribution in [2.24, 2.45) is 0 Å². The molecule has 0 spiro atoms. The van der Waals surface area contributed by atoms with Crippen LogP contribution in [0.15, 0.2) is 30.3 Å². The molecule has 2 aromatic rings. The molecule has 20 heavy (non-hydrogen) atoms. The van der Waals surface area contributed by atoms with Crippen LogP contribution in [0, 0.1) is 29.1 Å². The van der Waals surface area contributed by atoms with Crippen molar-refractivity contribution in [3.05, 3.63) is 70.5 Å². The van der Waals surface area contributed by atoms with Gasteiger partial charge in [0.25, 0.3) is 0 Å². The first-order valence-corrected chi connectivity index (χ1v) is 5.65. The van der Waals surface area contributed by atoms with Gasteiger partial charge in [0.1, 0.15) is 11.6 Å². The molecule has 0 amide bonds. The molecule has 0 aliphatic carbocycles. The maximum absolute atomic E-state index is 13.5. The van der Waals surface area contributed by atoms with Gasteiger partial charge in [-0.05, 0) is 17.7 Å². The molecule has 106 valence electrons. The average molecular weight is 288 g/mol. The molecule has 0 bridgehead atoms. The first-order valence-electron chi connectivity index (χ1n) is 5.65. The third-order valence-electron chi connectivity index (χ3n) is 2.85. The van der Waals surface area contributed by atoms with Crippen LogP contribution in [0.25, 0.3) is 0 Å². The van der Waals surface area contributed by atoms with E-state index in [0.717, 1.165) is 18.2 Å². The Balaban J connectivity index is 2.28. The van der Waals surface area contributed by atoms with Crippen molar-refractivity contribution >= 4 is 0 Å². The molecular formula is C14H9F5O. The maximum Gasteiger partial charge on any atom is 0.194 e. The van der Waals surface area contributed by atoms with Crippen LogP contribution in [0.4, 0.5) is 22.0 Å². The summed E-state index contributed by atoms with van der Waals surface area (Å²) in [7, 11) is 0. The standard InChI is InChI=1S/C14H9F5O/c15-8-2-1-7(11(17)6-8)5-12(20)9-3-4-10(16)14(19)13(9)18/h1-4,6,12,20H,5H2. The van der Waals surface area contributed by atoms with Gasteiger partial charge < -0.3 is 5.11 Å². The molecule has 0 saturated carbocycles. The zero-order chi connectivity index (χ0) is 14.9. The predicted molar refractivity (Wildman–Crippen MR) is 61.3 cm³/mol. The van der Waals surface area contributed by atoms with E-state index in [-0.39, 0.29) is 5.56 Å². The molecule has 1 unspecified atom stereocenters. The summed E-state index contributed by atoms with van der Waals surface area (Å²) in [6, 6.07) is 4.22. The number of benzene rings is 2. The summed E-state index contributed by atoms with van der Waals surface area (Å²) in [4.78, 5) is 0. The zero-order valence-electron chi connectivity index (χ0n) is 10.0. The smallest absolute Gasteiger partial charge is 0.194 e. The van der Waals surface area contributed by atoms with E-state index in [1.165, 1.54) is 0 Å². The van der Waals surface area contributed by atoms with Crippen molar-refractivity contribution in [3.8, 4) is 0 Å². The molecule has 0 heterocycles. The Hall–Kier alpha value is -1.95. The van der Waals surface area contributed by atoms with E-state index < -0.39 is 47.2 Å². The lowest BCUT2D eigenvalue weighted by Crippen LogP contribution is -2.08. The fraction of sp³-hybridized carbons (Fsp3) is 0.143. The Morgan fingerprint density at radius 3 is 2.20 bits per heavy atom. The average Bonchev–Trinajstić information content (AvgIpc) is 2.39. The Morgan fingerprint density at radius 2 is 1.55 bits per heavy atom. The summed E-state index contributed by atoms with van der Waals surface area (Å²) in [5, 5.41) is 9.77. The van der Waals surface area contributed by atoms with Gasteiger partial charge in [-0.3, -0.25) is 0 Å². The molecule has 6 heteroatoms. The van der Waals surface area contributed by atoms with Crippen LogP contribution >= 0.6 is 0 Å². The van der Waals surface area contributed by atoms with Crippen LogP contribution in [0.5, 0.6) is 0 Å². The topological polar surface area (TPSA) is 20.2 Å². The highest BCUT2D eigenvalue weighted by Crippen LogP contribution is 2.25. The molecule has 0 aromatic heterocycles. The third-order valence-corrected chi connectivity index (χ3v) is 2.85. The minimum Gasteiger partial charge on any atom is -0.388 e. The molecule has 1 nitrogen and oxygen atoms in total. The van der Waals surface area contributed by atoms with Gasteiger partial charge in [0.15, 0.2) is 17.5 Å². The SMILES string of the molecule is OC(Cc1ccc(F)cc1F)c1ccc(F)c(F)c1F. The first-order chi connectivity index (χ1) is 9.40. The van der Waals surface area contributed by atoms with E-state index in [1.54, 1.807) is 0 Å². The summed E-state index contributed by atoms with van der Waals surface area (Å²) in [6.07, 6.45) is -1.97. The van der Waals surface area contributed by atoms with E-state index in [2.05, 4.69) is 0 Å². The van der Waals surface area contributed by atoms with Crippen molar-refractivity contribution in [1.29, 1.82) is 0 Å².